The molecule has 1 fully saturated rings. The molecule has 2 heteroatoms. The predicted octanol–water partition coefficient (Wildman–Crippen LogP) is 2.51. The van der Waals surface area contributed by atoms with E-state index in [9.17, 15) is 0 Å². The molecule has 0 saturated carbocycles. The van der Waals surface area contributed by atoms with E-state index in [0.717, 1.165) is 24.0 Å². The van der Waals surface area contributed by atoms with Crippen LogP contribution in [0.2, 0.25) is 5.02 Å². The lowest BCUT2D eigenvalue weighted by Crippen LogP contribution is -2.28. The van der Waals surface area contributed by atoms with Crippen molar-refractivity contribution in [3.63, 3.8) is 0 Å². The zero-order valence-corrected chi connectivity index (χ0v) is 8.14. The number of hydrogen-bond donors (Lipinski definition) is 1. The van der Waals surface area contributed by atoms with Gasteiger partial charge >= 0.3 is 0 Å². The third kappa shape index (κ3) is 1.11. The van der Waals surface area contributed by atoms with Gasteiger partial charge in [-0.25, -0.2) is 0 Å². The van der Waals surface area contributed by atoms with E-state index in [2.05, 4.69) is 17.4 Å². The van der Waals surface area contributed by atoms with Gasteiger partial charge in [-0.3, -0.25) is 0 Å². The van der Waals surface area contributed by atoms with Crippen molar-refractivity contribution in [1.29, 1.82) is 0 Å². The third-order valence-electron chi connectivity index (χ3n) is 3.28. The summed E-state index contributed by atoms with van der Waals surface area (Å²) in [7, 11) is 0. The van der Waals surface area contributed by atoms with Crippen LogP contribution in [0.15, 0.2) is 18.2 Å². The molecular formula is C11H12ClN. The number of hydrogen-bond acceptors (Lipinski definition) is 1. The summed E-state index contributed by atoms with van der Waals surface area (Å²) in [6, 6.07) is 6.37. The molecule has 1 aliphatic carbocycles. The van der Waals surface area contributed by atoms with Gasteiger partial charge < -0.3 is 5.32 Å². The minimum atomic E-state index is 0.715. The highest BCUT2D eigenvalue weighted by molar-refractivity contribution is 6.30. The first-order valence-electron chi connectivity index (χ1n) is 4.84. The lowest BCUT2D eigenvalue weighted by molar-refractivity contribution is 0.454. The molecule has 0 amide bonds. The molecule has 0 aromatic heterocycles. The van der Waals surface area contributed by atoms with Crippen molar-refractivity contribution in [3.05, 3.63) is 34.3 Å². The number of piperidine rings is 1. The fourth-order valence-electron chi connectivity index (χ4n) is 2.69. The van der Waals surface area contributed by atoms with Crippen molar-refractivity contribution in [1.82, 2.24) is 5.32 Å². The van der Waals surface area contributed by atoms with Crippen molar-refractivity contribution >= 4 is 11.6 Å². The van der Waals surface area contributed by atoms with E-state index in [0.29, 0.717) is 5.92 Å². The van der Waals surface area contributed by atoms with Crippen LogP contribution in [-0.4, -0.2) is 13.1 Å². The van der Waals surface area contributed by atoms with Crippen molar-refractivity contribution in [2.75, 3.05) is 13.1 Å². The van der Waals surface area contributed by atoms with Crippen LogP contribution in [0.4, 0.5) is 0 Å². The maximum absolute atomic E-state index is 5.99. The molecule has 1 N–H and O–H groups in total. The Bertz CT molecular complexity index is 348. The summed E-state index contributed by atoms with van der Waals surface area (Å²) >= 11 is 5.99. The van der Waals surface area contributed by atoms with Gasteiger partial charge in [-0.1, -0.05) is 17.7 Å². The van der Waals surface area contributed by atoms with E-state index in [1.165, 1.54) is 17.5 Å². The SMILES string of the molecule is Clc1ccc2c(c1)C1CNCC2C1. The lowest BCUT2D eigenvalue weighted by Gasteiger charge is -2.19. The first kappa shape index (κ1) is 7.84. The van der Waals surface area contributed by atoms with E-state index in [-0.39, 0.29) is 0 Å². The Morgan fingerprint density at radius 1 is 1.15 bits per heavy atom. The van der Waals surface area contributed by atoms with Crippen LogP contribution in [0, 0.1) is 0 Å². The molecular weight excluding hydrogens is 182 g/mol. The summed E-state index contributed by atoms with van der Waals surface area (Å²) in [5, 5.41) is 4.35. The first-order chi connectivity index (χ1) is 6.34. The van der Waals surface area contributed by atoms with Crippen molar-refractivity contribution in [2.24, 2.45) is 0 Å². The molecule has 1 aliphatic heterocycles. The number of halogens is 1. The fourth-order valence-corrected chi connectivity index (χ4v) is 2.87. The molecule has 68 valence electrons. The average Bonchev–Trinajstić information content (AvgIpc) is 2.39. The Kier molecular flexibility index (Phi) is 1.64. The van der Waals surface area contributed by atoms with Gasteiger partial charge in [0.15, 0.2) is 0 Å². The standard InChI is InChI=1S/C11H12ClN/c12-9-1-2-10-7-3-8(6-13-5-7)11(10)4-9/h1-2,4,7-8,13H,3,5-6H2. The number of rotatable bonds is 0. The molecule has 3 rings (SSSR count). The van der Waals surface area contributed by atoms with E-state index in [4.69, 9.17) is 11.6 Å². The van der Waals surface area contributed by atoms with Gasteiger partial charge in [-0.2, -0.15) is 0 Å². The van der Waals surface area contributed by atoms with Crippen LogP contribution in [0.1, 0.15) is 29.4 Å². The monoisotopic (exact) mass is 193 g/mol. The van der Waals surface area contributed by atoms with Gasteiger partial charge in [0, 0.05) is 18.1 Å². The molecule has 1 saturated heterocycles. The minimum Gasteiger partial charge on any atom is -0.316 e. The molecule has 13 heavy (non-hydrogen) atoms. The number of nitrogens with one attached hydrogen (secondary N) is 1. The van der Waals surface area contributed by atoms with E-state index < -0.39 is 0 Å². The van der Waals surface area contributed by atoms with Crippen molar-refractivity contribution in [3.8, 4) is 0 Å². The lowest BCUT2D eigenvalue weighted by atomic mass is 9.98. The second-order valence-corrected chi connectivity index (χ2v) is 4.50. The Balaban J connectivity index is 2.15. The van der Waals surface area contributed by atoms with Crippen molar-refractivity contribution < 1.29 is 0 Å². The summed E-state index contributed by atoms with van der Waals surface area (Å²) in [6.45, 7) is 2.27. The minimum absolute atomic E-state index is 0.715. The second kappa shape index (κ2) is 2.73. The second-order valence-electron chi connectivity index (χ2n) is 4.06. The smallest absolute Gasteiger partial charge is 0.0409 e. The molecule has 1 aromatic rings. The maximum Gasteiger partial charge on any atom is 0.0409 e. The molecule has 0 radical (unpaired) electrons. The van der Waals surface area contributed by atoms with Crippen LogP contribution >= 0.6 is 11.6 Å². The Hall–Kier alpha value is -0.530. The topological polar surface area (TPSA) is 12.0 Å². The van der Waals surface area contributed by atoms with Crippen LogP contribution in [-0.2, 0) is 0 Å². The van der Waals surface area contributed by atoms with Crippen LogP contribution in [0.25, 0.3) is 0 Å². The van der Waals surface area contributed by atoms with Gasteiger partial charge in [0.1, 0.15) is 0 Å². The van der Waals surface area contributed by atoms with Crippen LogP contribution < -0.4 is 5.32 Å². The zero-order chi connectivity index (χ0) is 8.84. The van der Waals surface area contributed by atoms with Gasteiger partial charge in [0.25, 0.3) is 0 Å². The molecule has 1 nitrogen and oxygen atoms in total. The molecule has 1 aromatic carbocycles. The number of benzene rings is 1. The number of fused-ring (bicyclic) bond motifs is 5. The Labute approximate surface area is 83.1 Å². The highest BCUT2D eigenvalue weighted by Gasteiger charge is 2.33. The quantitative estimate of drug-likeness (QED) is 0.668. The van der Waals surface area contributed by atoms with E-state index in [1.54, 1.807) is 0 Å². The molecule has 2 aliphatic rings. The predicted molar refractivity (Wildman–Crippen MR) is 54.4 cm³/mol. The molecule has 0 spiro atoms. The molecule has 1 heterocycles. The normalized spacial score (nSPS) is 30.2. The maximum atomic E-state index is 5.99. The summed E-state index contributed by atoms with van der Waals surface area (Å²) < 4.78 is 0. The first-order valence-corrected chi connectivity index (χ1v) is 5.22. The molecule has 2 unspecified atom stereocenters. The third-order valence-corrected chi connectivity index (χ3v) is 3.51. The summed E-state index contributed by atoms with van der Waals surface area (Å²) in [4.78, 5) is 0. The van der Waals surface area contributed by atoms with Gasteiger partial charge in [0.05, 0.1) is 0 Å². The van der Waals surface area contributed by atoms with E-state index >= 15 is 0 Å². The van der Waals surface area contributed by atoms with Gasteiger partial charge in [0.2, 0.25) is 0 Å². The van der Waals surface area contributed by atoms with Gasteiger partial charge in [-0.15, -0.1) is 0 Å². The average molecular weight is 194 g/mol. The Morgan fingerprint density at radius 2 is 1.92 bits per heavy atom. The Morgan fingerprint density at radius 3 is 2.77 bits per heavy atom. The van der Waals surface area contributed by atoms with Crippen molar-refractivity contribution in [2.45, 2.75) is 18.3 Å². The molecule has 2 atom stereocenters. The highest BCUT2D eigenvalue weighted by Crippen LogP contribution is 2.44. The van der Waals surface area contributed by atoms with Gasteiger partial charge in [-0.05, 0) is 41.5 Å². The molecule has 2 bridgehead atoms. The van der Waals surface area contributed by atoms with E-state index in [1.807, 2.05) is 6.07 Å². The summed E-state index contributed by atoms with van der Waals surface area (Å²) in [5.41, 5.74) is 3.02. The zero-order valence-electron chi connectivity index (χ0n) is 7.39. The summed E-state index contributed by atoms with van der Waals surface area (Å²) in [5.74, 6) is 1.46. The van der Waals surface area contributed by atoms with Crippen LogP contribution in [0.3, 0.4) is 0 Å². The summed E-state index contributed by atoms with van der Waals surface area (Å²) in [6.07, 6.45) is 1.32. The largest absolute Gasteiger partial charge is 0.316 e. The highest BCUT2D eigenvalue weighted by atomic mass is 35.5. The fraction of sp³-hybridized carbons (Fsp3) is 0.455. The van der Waals surface area contributed by atoms with Crippen LogP contribution in [0.5, 0.6) is 0 Å².